The van der Waals surface area contributed by atoms with Crippen LogP contribution in [0.1, 0.15) is 22.9 Å². The summed E-state index contributed by atoms with van der Waals surface area (Å²) in [6.45, 7) is 0. The summed E-state index contributed by atoms with van der Waals surface area (Å²) >= 11 is 1.84. The number of hydrogen-bond donors (Lipinski definition) is 1. The van der Waals surface area contributed by atoms with Crippen molar-refractivity contribution in [2.24, 2.45) is 9.98 Å². The summed E-state index contributed by atoms with van der Waals surface area (Å²) in [5, 5.41) is 10.4. The predicted molar refractivity (Wildman–Crippen MR) is 237 cm³/mol. The second-order valence-electron chi connectivity index (χ2n) is 14.5. The number of thiophene rings is 1. The SMILES string of the molecule is c1ccc(-c2ccc(C3=NC(c4cccc5oc6ccc(-c7cccc8sc9ccccc9c78)cc6c45)=NC(c4ccc5c(c4)oc4ccccc45)N3)cc2)cc1. The molecule has 0 aliphatic carbocycles. The van der Waals surface area contributed by atoms with Gasteiger partial charge in [0.1, 0.15) is 34.3 Å². The molecule has 1 atom stereocenters. The van der Waals surface area contributed by atoms with Gasteiger partial charge < -0.3 is 14.2 Å². The Balaban J connectivity index is 1.03. The van der Waals surface area contributed by atoms with Crippen molar-refractivity contribution >= 4 is 87.1 Å². The summed E-state index contributed by atoms with van der Waals surface area (Å²) in [6.07, 6.45) is -0.424. The summed E-state index contributed by atoms with van der Waals surface area (Å²) in [6, 6.07) is 61.5. The van der Waals surface area contributed by atoms with Crippen LogP contribution in [0, 0.1) is 0 Å². The van der Waals surface area contributed by atoms with Crippen LogP contribution in [-0.4, -0.2) is 11.7 Å². The number of furan rings is 2. The van der Waals surface area contributed by atoms with Crippen molar-refractivity contribution in [1.82, 2.24) is 5.32 Å². The van der Waals surface area contributed by atoms with Crippen molar-refractivity contribution in [3.8, 4) is 22.3 Å². The molecule has 12 rings (SSSR count). The van der Waals surface area contributed by atoms with Gasteiger partial charge in [-0.15, -0.1) is 11.3 Å². The van der Waals surface area contributed by atoms with Gasteiger partial charge in [0.25, 0.3) is 0 Å². The summed E-state index contributed by atoms with van der Waals surface area (Å²) in [4.78, 5) is 10.6. The second kappa shape index (κ2) is 12.6. The van der Waals surface area contributed by atoms with Gasteiger partial charge in [0.15, 0.2) is 5.84 Å². The molecular weight excluding hydrogens is 719 g/mol. The van der Waals surface area contributed by atoms with Gasteiger partial charge in [-0.25, -0.2) is 9.98 Å². The minimum Gasteiger partial charge on any atom is -0.456 e. The molecule has 0 saturated heterocycles. The molecule has 0 saturated carbocycles. The monoisotopic (exact) mass is 749 g/mol. The van der Waals surface area contributed by atoms with Crippen LogP contribution in [0.5, 0.6) is 0 Å². The topological polar surface area (TPSA) is 63.0 Å². The maximum absolute atomic E-state index is 6.54. The quantitative estimate of drug-likeness (QED) is 0.191. The molecule has 57 heavy (non-hydrogen) atoms. The third kappa shape index (κ3) is 5.22. The van der Waals surface area contributed by atoms with Crippen LogP contribution >= 0.6 is 11.3 Å². The summed E-state index contributed by atoms with van der Waals surface area (Å²) in [5.74, 6) is 1.38. The Morgan fingerprint density at radius 1 is 0.439 bits per heavy atom. The lowest BCUT2D eigenvalue weighted by molar-refractivity contribution is 0.655. The van der Waals surface area contributed by atoms with Gasteiger partial charge in [0.2, 0.25) is 0 Å². The number of fused-ring (bicyclic) bond motifs is 9. The fourth-order valence-corrected chi connectivity index (χ4v) is 9.58. The second-order valence-corrected chi connectivity index (χ2v) is 15.6. The van der Waals surface area contributed by atoms with Crippen molar-refractivity contribution < 1.29 is 8.83 Å². The lowest BCUT2D eigenvalue weighted by atomic mass is 9.97. The van der Waals surface area contributed by atoms with Crippen LogP contribution in [0.3, 0.4) is 0 Å². The zero-order valence-electron chi connectivity index (χ0n) is 30.4. The molecule has 4 heterocycles. The summed E-state index contributed by atoms with van der Waals surface area (Å²) < 4.78 is 15.4. The van der Waals surface area contributed by atoms with Gasteiger partial charge in [0, 0.05) is 58.4 Å². The summed E-state index contributed by atoms with van der Waals surface area (Å²) in [5.41, 5.74) is 10.8. The van der Waals surface area contributed by atoms with Crippen molar-refractivity contribution in [3.05, 3.63) is 193 Å². The third-order valence-electron chi connectivity index (χ3n) is 11.2. The first-order chi connectivity index (χ1) is 28.2. The van der Waals surface area contributed by atoms with Gasteiger partial charge >= 0.3 is 0 Å². The highest BCUT2D eigenvalue weighted by atomic mass is 32.1. The largest absolute Gasteiger partial charge is 0.456 e. The molecule has 0 fully saturated rings. The Morgan fingerprint density at radius 3 is 2.02 bits per heavy atom. The van der Waals surface area contributed by atoms with Crippen LogP contribution in [0.15, 0.2) is 195 Å². The Kier molecular flexibility index (Phi) is 7.09. The van der Waals surface area contributed by atoms with E-state index < -0.39 is 6.17 Å². The van der Waals surface area contributed by atoms with E-state index in [-0.39, 0.29) is 0 Å². The van der Waals surface area contributed by atoms with Crippen molar-refractivity contribution in [2.45, 2.75) is 6.17 Å². The number of aliphatic imine (C=N–C) groups is 2. The maximum atomic E-state index is 6.54. The molecule has 6 heteroatoms. The molecule has 268 valence electrons. The molecule has 5 nitrogen and oxygen atoms in total. The van der Waals surface area contributed by atoms with Crippen LogP contribution < -0.4 is 5.32 Å². The first kappa shape index (κ1) is 32.0. The molecular formula is C51H31N3O2S. The highest BCUT2D eigenvalue weighted by Crippen LogP contribution is 2.42. The van der Waals surface area contributed by atoms with E-state index in [9.17, 15) is 0 Å². The number of para-hydroxylation sites is 1. The molecule has 0 bridgehead atoms. The van der Waals surface area contributed by atoms with E-state index in [1.807, 2.05) is 47.7 Å². The lowest BCUT2D eigenvalue weighted by Gasteiger charge is -2.24. The number of rotatable bonds is 5. The third-order valence-corrected chi connectivity index (χ3v) is 12.3. The molecule has 1 aliphatic heterocycles. The molecule has 8 aromatic carbocycles. The normalized spacial score (nSPS) is 14.5. The van der Waals surface area contributed by atoms with Crippen LogP contribution in [-0.2, 0) is 0 Å². The fourth-order valence-electron chi connectivity index (χ4n) is 8.45. The van der Waals surface area contributed by atoms with Crippen LogP contribution in [0.4, 0.5) is 0 Å². The lowest BCUT2D eigenvalue weighted by Crippen LogP contribution is -2.33. The predicted octanol–water partition coefficient (Wildman–Crippen LogP) is 13.7. The van der Waals surface area contributed by atoms with E-state index in [0.29, 0.717) is 5.84 Å². The first-order valence-corrected chi connectivity index (χ1v) is 19.9. The standard InChI is InChI=1S/C51H31N3O2S/c1-2-10-30(11-3-1)31-20-22-32(23-21-31)49-52-50(34-24-26-37-36-12-4-6-16-41(36)56-44(37)29-34)54-51(53-49)39-15-8-17-43-47(39)40-28-33(25-27-42(40)55-43)35-14-9-19-46-48(35)38-13-5-7-18-45(38)57-46/h1-29,50H,(H,52,53,54). The van der Waals surface area contributed by atoms with Crippen LogP contribution in [0.2, 0.25) is 0 Å². The number of benzene rings is 8. The van der Waals surface area contributed by atoms with E-state index in [0.717, 1.165) is 77.5 Å². The minimum atomic E-state index is -0.424. The van der Waals surface area contributed by atoms with Crippen molar-refractivity contribution in [2.75, 3.05) is 0 Å². The van der Waals surface area contributed by atoms with E-state index in [2.05, 4.69) is 145 Å². The fraction of sp³-hybridized carbons (Fsp3) is 0.0196. The van der Waals surface area contributed by atoms with E-state index in [1.54, 1.807) is 0 Å². The van der Waals surface area contributed by atoms with Gasteiger partial charge in [-0.2, -0.15) is 0 Å². The average molecular weight is 750 g/mol. The van der Waals surface area contributed by atoms with Crippen molar-refractivity contribution in [1.29, 1.82) is 0 Å². The Morgan fingerprint density at radius 2 is 1.11 bits per heavy atom. The van der Waals surface area contributed by atoms with Crippen molar-refractivity contribution in [3.63, 3.8) is 0 Å². The molecule has 0 spiro atoms. The number of nitrogens with zero attached hydrogens (tertiary/aromatic N) is 2. The Hall–Kier alpha value is -7.28. The smallest absolute Gasteiger partial charge is 0.160 e. The molecule has 0 amide bonds. The molecule has 1 N–H and O–H groups in total. The molecule has 11 aromatic rings. The molecule has 0 radical (unpaired) electrons. The maximum Gasteiger partial charge on any atom is 0.160 e. The highest BCUT2D eigenvalue weighted by Gasteiger charge is 2.25. The molecule has 1 unspecified atom stereocenters. The zero-order chi connectivity index (χ0) is 37.5. The van der Waals surface area contributed by atoms with E-state index in [4.69, 9.17) is 18.8 Å². The van der Waals surface area contributed by atoms with E-state index >= 15 is 0 Å². The Bertz CT molecular complexity index is 3440. The van der Waals surface area contributed by atoms with Gasteiger partial charge in [-0.1, -0.05) is 133 Å². The molecule has 3 aromatic heterocycles. The zero-order valence-corrected chi connectivity index (χ0v) is 31.3. The van der Waals surface area contributed by atoms with E-state index in [1.165, 1.54) is 31.3 Å². The average Bonchev–Trinajstić information content (AvgIpc) is 3.97. The first-order valence-electron chi connectivity index (χ1n) is 19.1. The highest BCUT2D eigenvalue weighted by molar-refractivity contribution is 7.25. The number of amidine groups is 2. The molecule has 1 aliphatic rings. The minimum absolute atomic E-state index is 0.424. The van der Waals surface area contributed by atoms with Gasteiger partial charge in [-0.3, -0.25) is 0 Å². The number of hydrogen-bond acceptors (Lipinski definition) is 6. The van der Waals surface area contributed by atoms with Crippen LogP contribution in [0.25, 0.3) is 86.3 Å². The van der Waals surface area contributed by atoms with Gasteiger partial charge in [-0.05, 0) is 64.7 Å². The van der Waals surface area contributed by atoms with Gasteiger partial charge in [0.05, 0.1) is 0 Å². The number of nitrogens with one attached hydrogen (secondary N) is 1. The summed E-state index contributed by atoms with van der Waals surface area (Å²) in [7, 11) is 0. The Labute approximate surface area is 330 Å².